The van der Waals surface area contributed by atoms with Gasteiger partial charge in [0.25, 0.3) is 20.0 Å². The highest BCUT2D eigenvalue weighted by Gasteiger charge is 2.21. The smallest absolute Gasteiger partial charge is 0.269 e. The van der Waals surface area contributed by atoms with E-state index in [2.05, 4.69) is 25.3 Å². The van der Waals surface area contributed by atoms with Crippen molar-refractivity contribution in [1.29, 1.82) is 0 Å². The van der Waals surface area contributed by atoms with Gasteiger partial charge < -0.3 is 5.32 Å². The predicted octanol–water partition coefficient (Wildman–Crippen LogP) is 3.45. The van der Waals surface area contributed by atoms with Crippen LogP contribution in [0.15, 0.2) is 108 Å². The lowest BCUT2D eigenvalue weighted by atomic mass is 10.2. The molecule has 0 saturated heterocycles. The van der Waals surface area contributed by atoms with Gasteiger partial charge in [0, 0.05) is 12.4 Å². The Labute approximate surface area is 257 Å². The Morgan fingerprint density at radius 1 is 0.733 bits per heavy atom. The number of fused-ring (bicyclic) bond motifs is 4. The third-order valence-corrected chi connectivity index (χ3v) is 10.3. The number of carbonyl (C=O) groups excluding carboxylic acids is 1. The largest absolute Gasteiger partial charge is 0.353 e. The highest BCUT2D eigenvalue weighted by molar-refractivity contribution is 7.90. The van der Waals surface area contributed by atoms with Crippen molar-refractivity contribution in [3.8, 4) is 0 Å². The van der Waals surface area contributed by atoms with E-state index in [0.717, 1.165) is 20.6 Å². The standard InChI is InChI=1S/C15H14N4O3S.C15H12N4O2S/c1-11-2-4-13(5-3-11)23(21,22)19-7-6-14-15(19)17-9-12(18-14)8-16-10-20;1-11-2-4-13(5-3-11)22(20,21)19-7-6-14-15(19)17-9-12-8-16-10-18(12)14/h2-7,9-10H,8H2,1H3,(H,16,20);2-10H,1H3. The van der Waals surface area contributed by atoms with Gasteiger partial charge in [-0.25, -0.2) is 44.7 Å². The van der Waals surface area contributed by atoms with Gasteiger partial charge in [0.05, 0.1) is 58.0 Å². The minimum absolute atomic E-state index is 0.189. The molecule has 0 unspecified atom stereocenters. The molecule has 7 aromatic rings. The van der Waals surface area contributed by atoms with Crippen LogP contribution >= 0.6 is 0 Å². The minimum atomic E-state index is -3.73. The average Bonchev–Trinajstić information content (AvgIpc) is 3.79. The molecular weight excluding hydrogens is 617 g/mol. The lowest BCUT2D eigenvalue weighted by molar-refractivity contribution is -0.109. The number of nitrogens with one attached hydrogen (secondary N) is 1. The zero-order valence-corrected chi connectivity index (χ0v) is 25.6. The van der Waals surface area contributed by atoms with Crippen LogP contribution in [0.2, 0.25) is 0 Å². The topological polar surface area (TPSA) is 163 Å². The first-order chi connectivity index (χ1) is 21.6. The fourth-order valence-corrected chi connectivity index (χ4v) is 7.22. The summed E-state index contributed by atoms with van der Waals surface area (Å²) in [6.45, 7) is 4.04. The number of hydrogen-bond acceptors (Lipinski definition) is 9. The van der Waals surface area contributed by atoms with Crippen molar-refractivity contribution in [3.05, 3.63) is 115 Å². The molecule has 0 aliphatic carbocycles. The zero-order chi connectivity index (χ0) is 31.8. The summed E-state index contributed by atoms with van der Waals surface area (Å²) in [5.41, 5.74) is 5.14. The Bertz CT molecular complexity index is 2390. The van der Waals surface area contributed by atoms with Gasteiger partial charge in [-0.1, -0.05) is 35.4 Å². The molecule has 0 fully saturated rings. The molecule has 13 nitrogen and oxygen atoms in total. The Balaban J connectivity index is 0.000000159. The van der Waals surface area contributed by atoms with E-state index in [-0.39, 0.29) is 22.0 Å². The van der Waals surface area contributed by atoms with Crippen LogP contribution in [0.25, 0.3) is 27.8 Å². The van der Waals surface area contributed by atoms with Crippen molar-refractivity contribution in [1.82, 2.24) is 37.6 Å². The van der Waals surface area contributed by atoms with Gasteiger partial charge in [0.2, 0.25) is 6.41 Å². The van der Waals surface area contributed by atoms with Gasteiger partial charge >= 0.3 is 0 Å². The van der Waals surface area contributed by atoms with Crippen molar-refractivity contribution < 1.29 is 21.6 Å². The molecule has 1 amide bonds. The normalized spacial score (nSPS) is 11.9. The van der Waals surface area contributed by atoms with Gasteiger partial charge in [-0.3, -0.25) is 9.20 Å². The van der Waals surface area contributed by atoms with E-state index in [1.807, 2.05) is 18.2 Å². The monoisotopic (exact) mass is 642 g/mol. The van der Waals surface area contributed by atoms with Crippen molar-refractivity contribution in [2.24, 2.45) is 0 Å². The fourth-order valence-electron chi connectivity index (χ4n) is 4.63. The maximum atomic E-state index is 12.8. The molecular formula is C30H26N8O5S2. The van der Waals surface area contributed by atoms with Crippen molar-refractivity contribution >= 4 is 54.3 Å². The molecule has 0 atom stereocenters. The van der Waals surface area contributed by atoms with Gasteiger partial charge in [-0.2, -0.15) is 0 Å². The Morgan fingerprint density at radius 2 is 1.31 bits per heavy atom. The molecule has 45 heavy (non-hydrogen) atoms. The summed E-state index contributed by atoms with van der Waals surface area (Å²) < 4.78 is 55.1. The lowest BCUT2D eigenvalue weighted by Crippen LogP contribution is -2.14. The first-order valence-electron chi connectivity index (χ1n) is 13.5. The van der Waals surface area contributed by atoms with Crippen LogP contribution in [-0.4, -0.2) is 55.5 Å². The molecule has 1 N–H and O–H groups in total. The Hall–Kier alpha value is -5.41. The van der Waals surface area contributed by atoms with Crippen LogP contribution in [0.1, 0.15) is 16.8 Å². The number of imidazole rings is 1. The number of aryl methyl sites for hydroxylation is 2. The van der Waals surface area contributed by atoms with E-state index < -0.39 is 20.0 Å². The third-order valence-electron chi connectivity index (χ3n) is 6.98. The molecule has 0 spiro atoms. The molecule has 0 aliphatic heterocycles. The highest BCUT2D eigenvalue weighted by atomic mass is 32.2. The molecule has 0 bridgehead atoms. The summed E-state index contributed by atoms with van der Waals surface area (Å²) >= 11 is 0. The second kappa shape index (κ2) is 11.6. The first kappa shape index (κ1) is 29.7. The van der Waals surface area contributed by atoms with Crippen molar-refractivity contribution in [2.75, 3.05) is 0 Å². The first-order valence-corrected chi connectivity index (χ1v) is 16.4. The highest BCUT2D eigenvalue weighted by Crippen LogP contribution is 2.23. The van der Waals surface area contributed by atoms with E-state index in [4.69, 9.17) is 0 Å². The maximum Gasteiger partial charge on any atom is 0.269 e. The Kier molecular flexibility index (Phi) is 7.64. The lowest BCUT2D eigenvalue weighted by Gasteiger charge is -2.07. The molecule has 7 rings (SSSR count). The number of rotatable bonds is 7. The van der Waals surface area contributed by atoms with E-state index in [1.54, 1.807) is 79.4 Å². The summed E-state index contributed by atoms with van der Waals surface area (Å²) in [7, 11) is -7.40. The zero-order valence-electron chi connectivity index (χ0n) is 24.0. The van der Waals surface area contributed by atoms with Gasteiger partial charge in [-0.05, 0) is 50.2 Å². The number of carbonyl (C=O) groups is 1. The summed E-state index contributed by atoms with van der Waals surface area (Å²) in [5.74, 6) is 0. The van der Waals surface area contributed by atoms with E-state index >= 15 is 0 Å². The molecule has 0 radical (unpaired) electrons. The maximum absolute atomic E-state index is 12.8. The Morgan fingerprint density at radius 3 is 1.93 bits per heavy atom. The second-order valence-corrected chi connectivity index (χ2v) is 13.7. The van der Waals surface area contributed by atoms with Gasteiger partial charge in [0.1, 0.15) is 5.52 Å². The molecule has 2 aromatic carbocycles. The summed E-state index contributed by atoms with van der Waals surface area (Å²) in [6, 6.07) is 16.7. The summed E-state index contributed by atoms with van der Waals surface area (Å²) in [5, 5.41) is 2.49. The van der Waals surface area contributed by atoms with E-state index in [0.29, 0.717) is 28.8 Å². The molecule has 228 valence electrons. The van der Waals surface area contributed by atoms with Crippen LogP contribution in [0.4, 0.5) is 0 Å². The number of amides is 1. The number of nitrogens with zero attached hydrogens (tertiary/aromatic N) is 7. The molecule has 15 heteroatoms. The quantitative estimate of drug-likeness (QED) is 0.257. The third kappa shape index (κ3) is 5.54. The van der Waals surface area contributed by atoms with E-state index in [9.17, 15) is 21.6 Å². The van der Waals surface area contributed by atoms with Crippen LogP contribution in [0, 0.1) is 13.8 Å². The minimum Gasteiger partial charge on any atom is -0.353 e. The van der Waals surface area contributed by atoms with Gasteiger partial charge in [0.15, 0.2) is 11.3 Å². The van der Waals surface area contributed by atoms with Crippen LogP contribution in [-0.2, 0) is 31.4 Å². The van der Waals surface area contributed by atoms with E-state index in [1.165, 1.54) is 22.6 Å². The van der Waals surface area contributed by atoms with Crippen LogP contribution in [0.3, 0.4) is 0 Å². The summed E-state index contributed by atoms with van der Waals surface area (Å²) in [6.07, 6.45) is 9.89. The predicted molar refractivity (Wildman–Crippen MR) is 166 cm³/mol. The molecule has 0 aliphatic rings. The number of hydrogen-bond donors (Lipinski definition) is 1. The molecule has 5 heterocycles. The second-order valence-electron chi connectivity index (χ2n) is 10.1. The summed E-state index contributed by atoms with van der Waals surface area (Å²) in [4.78, 5) is 27.5. The molecule has 5 aromatic heterocycles. The fraction of sp³-hybridized carbons (Fsp3) is 0.100. The van der Waals surface area contributed by atoms with Gasteiger partial charge in [-0.15, -0.1) is 0 Å². The number of aromatic nitrogens is 7. The van der Waals surface area contributed by atoms with Crippen LogP contribution in [0.5, 0.6) is 0 Å². The van der Waals surface area contributed by atoms with Crippen molar-refractivity contribution in [2.45, 2.75) is 30.2 Å². The van der Waals surface area contributed by atoms with Crippen molar-refractivity contribution in [3.63, 3.8) is 0 Å². The molecule has 0 saturated carbocycles. The van der Waals surface area contributed by atoms with Crippen LogP contribution < -0.4 is 5.32 Å². The SMILES string of the molecule is Cc1ccc(S(=O)(=O)n2ccc3c2ncc2cncn23)cc1.Cc1ccc(S(=O)(=O)n2ccc3nc(CNC=O)cnc32)cc1. The average molecular weight is 643 g/mol. The number of benzene rings is 2.